The summed E-state index contributed by atoms with van der Waals surface area (Å²) in [5.41, 5.74) is 0. The second-order valence-electron chi connectivity index (χ2n) is 2.85. The molecule has 0 rings (SSSR count). The van der Waals surface area contributed by atoms with E-state index in [4.69, 9.17) is 9.84 Å². The van der Waals surface area contributed by atoms with E-state index in [9.17, 15) is 13.2 Å². The fraction of sp³-hybridized carbons (Fsp3) is 0.857. The van der Waals surface area contributed by atoms with Crippen LogP contribution in [-0.2, 0) is 19.6 Å². The van der Waals surface area contributed by atoms with Crippen molar-refractivity contribution in [2.75, 3.05) is 20.3 Å². The van der Waals surface area contributed by atoms with Crippen molar-refractivity contribution < 1.29 is 23.1 Å². The normalized spacial score (nSPS) is 13.9. The first kappa shape index (κ1) is 13.3. The molecule has 0 saturated carbocycles. The zero-order valence-electron chi connectivity index (χ0n) is 8.19. The van der Waals surface area contributed by atoms with Gasteiger partial charge in [-0.25, -0.2) is 13.1 Å². The molecular weight excluding hydrogens is 210 g/mol. The Morgan fingerprint density at radius 1 is 1.57 bits per heavy atom. The number of methoxy groups -OCH3 is 1. The molecule has 0 aromatic heterocycles. The van der Waals surface area contributed by atoms with E-state index in [2.05, 4.69) is 0 Å². The fourth-order valence-corrected chi connectivity index (χ4v) is 1.76. The first-order valence-electron chi connectivity index (χ1n) is 4.09. The lowest BCUT2D eigenvalue weighted by Gasteiger charge is -2.11. The van der Waals surface area contributed by atoms with Gasteiger partial charge in [-0.15, -0.1) is 0 Å². The minimum Gasteiger partial charge on any atom is -0.480 e. The molecule has 0 radical (unpaired) electrons. The number of carboxylic acid groups (broad SMARTS) is 1. The zero-order valence-corrected chi connectivity index (χ0v) is 9.00. The maximum Gasteiger partial charge on any atom is 0.318 e. The van der Waals surface area contributed by atoms with Crippen LogP contribution >= 0.6 is 0 Å². The largest absolute Gasteiger partial charge is 0.480 e. The van der Waals surface area contributed by atoms with Crippen LogP contribution in [0.25, 0.3) is 0 Å². The predicted molar refractivity (Wildman–Crippen MR) is 50.5 cm³/mol. The topological polar surface area (TPSA) is 92.7 Å². The van der Waals surface area contributed by atoms with Crippen molar-refractivity contribution >= 4 is 16.0 Å². The predicted octanol–water partition coefficient (Wildman–Crippen LogP) is -0.585. The van der Waals surface area contributed by atoms with Gasteiger partial charge in [0, 0.05) is 13.7 Å². The summed E-state index contributed by atoms with van der Waals surface area (Å²) in [6, 6.07) is 0. The third-order valence-electron chi connectivity index (χ3n) is 1.68. The summed E-state index contributed by atoms with van der Waals surface area (Å²) >= 11 is 0. The number of aliphatic carboxylic acids is 1. The van der Waals surface area contributed by atoms with Crippen LogP contribution < -0.4 is 4.72 Å². The highest BCUT2D eigenvalue weighted by molar-refractivity contribution is 7.90. The highest BCUT2D eigenvalue weighted by Crippen LogP contribution is 2.02. The Kier molecular flexibility index (Phi) is 5.66. The maximum atomic E-state index is 11.3. The van der Waals surface area contributed by atoms with E-state index < -0.39 is 27.8 Å². The van der Waals surface area contributed by atoms with Crippen molar-refractivity contribution in [1.29, 1.82) is 0 Å². The van der Waals surface area contributed by atoms with Gasteiger partial charge in [0.15, 0.2) is 0 Å². The first-order valence-corrected chi connectivity index (χ1v) is 5.64. The SMILES string of the molecule is COCCC(C)S(=O)(=O)NCC(=O)O. The van der Waals surface area contributed by atoms with E-state index in [0.29, 0.717) is 13.0 Å². The lowest BCUT2D eigenvalue weighted by molar-refractivity contribution is -0.135. The molecule has 0 aliphatic rings. The van der Waals surface area contributed by atoms with Gasteiger partial charge in [-0.1, -0.05) is 0 Å². The Hall–Kier alpha value is -0.660. The second kappa shape index (κ2) is 5.94. The van der Waals surface area contributed by atoms with Gasteiger partial charge in [0.1, 0.15) is 6.54 Å². The van der Waals surface area contributed by atoms with Crippen LogP contribution in [0.3, 0.4) is 0 Å². The molecule has 0 aromatic carbocycles. The Morgan fingerprint density at radius 2 is 2.14 bits per heavy atom. The number of hydrogen-bond donors (Lipinski definition) is 2. The monoisotopic (exact) mass is 225 g/mol. The number of sulfonamides is 1. The van der Waals surface area contributed by atoms with Gasteiger partial charge in [0.25, 0.3) is 0 Å². The van der Waals surface area contributed by atoms with Gasteiger partial charge in [0.05, 0.1) is 5.25 Å². The number of rotatable bonds is 7. The van der Waals surface area contributed by atoms with Crippen molar-refractivity contribution in [3.05, 3.63) is 0 Å². The van der Waals surface area contributed by atoms with Crippen LogP contribution in [0.5, 0.6) is 0 Å². The average Bonchev–Trinajstić information content (AvgIpc) is 2.11. The Morgan fingerprint density at radius 3 is 2.57 bits per heavy atom. The zero-order chi connectivity index (χ0) is 11.2. The lowest BCUT2D eigenvalue weighted by atomic mass is 10.3. The Labute approximate surface area is 83.3 Å². The number of hydrogen-bond acceptors (Lipinski definition) is 4. The molecule has 7 heteroatoms. The van der Waals surface area contributed by atoms with Gasteiger partial charge in [-0.2, -0.15) is 0 Å². The molecule has 0 aliphatic carbocycles. The molecule has 14 heavy (non-hydrogen) atoms. The van der Waals surface area contributed by atoms with Gasteiger partial charge in [-0.05, 0) is 13.3 Å². The third kappa shape index (κ3) is 5.15. The van der Waals surface area contributed by atoms with Crippen molar-refractivity contribution in [3.63, 3.8) is 0 Å². The van der Waals surface area contributed by atoms with Gasteiger partial charge < -0.3 is 9.84 Å². The Balaban J connectivity index is 4.10. The molecule has 1 atom stereocenters. The number of ether oxygens (including phenoxy) is 1. The minimum absolute atomic E-state index is 0.329. The molecule has 6 nitrogen and oxygen atoms in total. The van der Waals surface area contributed by atoms with Gasteiger partial charge >= 0.3 is 5.97 Å². The Bertz CT molecular complexity index is 274. The summed E-state index contributed by atoms with van der Waals surface area (Å²) < 4.78 is 29.3. The summed E-state index contributed by atoms with van der Waals surface area (Å²) in [6.07, 6.45) is 0.339. The second-order valence-corrected chi connectivity index (χ2v) is 5.04. The van der Waals surface area contributed by atoms with Gasteiger partial charge in [0.2, 0.25) is 10.0 Å². The molecular formula is C7H15NO5S. The molecule has 84 valence electrons. The maximum absolute atomic E-state index is 11.3. The molecule has 0 bridgehead atoms. The summed E-state index contributed by atoms with van der Waals surface area (Å²) in [4.78, 5) is 10.1. The van der Waals surface area contributed by atoms with Crippen molar-refractivity contribution in [2.45, 2.75) is 18.6 Å². The van der Waals surface area contributed by atoms with Crippen LogP contribution in [0.15, 0.2) is 0 Å². The molecule has 2 N–H and O–H groups in total. The highest BCUT2D eigenvalue weighted by atomic mass is 32.2. The number of carbonyl (C=O) groups is 1. The molecule has 0 aliphatic heterocycles. The van der Waals surface area contributed by atoms with Crippen LogP contribution in [0.2, 0.25) is 0 Å². The molecule has 1 unspecified atom stereocenters. The van der Waals surface area contributed by atoms with Crippen molar-refractivity contribution in [2.24, 2.45) is 0 Å². The molecule has 0 saturated heterocycles. The molecule has 0 aromatic rings. The van der Waals surface area contributed by atoms with Gasteiger partial charge in [-0.3, -0.25) is 4.79 Å². The molecule has 0 spiro atoms. The average molecular weight is 225 g/mol. The van der Waals surface area contributed by atoms with Crippen LogP contribution in [0.1, 0.15) is 13.3 Å². The lowest BCUT2D eigenvalue weighted by Crippen LogP contribution is -2.36. The number of carboxylic acids is 1. The molecule has 0 amide bonds. The van der Waals surface area contributed by atoms with E-state index in [0.717, 1.165) is 0 Å². The van der Waals surface area contributed by atoms with E-state index in [1.165, 1.54) is 14.0 Å². The van der Waals surface area contributed by atoms with Crippen molar-refractivity contribution in [1.82, 2.24) is 4.72 Å². The molecule has 0 fully saturated rings. The third-order valence-corrected chi connectivity index (χ3v) is 3.52. The minimum atomic E-state index is -3.54. The summed E-state index contributed by atoms with van der Waals surface area (Å²) in [6.45, 7) is 1.25. The van der Waals surface area contributed by atoms with E-state index >= 15 is 0 Å². The quantitative estimate of drug-likeness (QED) is 0.604. The fourth-order valence-electron chi connectivity index (χ4n) is 0.744. The van der Waals surface area contributed by atoms with Crippen molar-refractivity contribution in [3.8, 4) is 0 Å². The number of nitrogens with one attached hydrogen (secondary N) is 1. The molecule has 0 heterocycles. The summed E-state index contributed by atoms with van der Waals surface area (Å²) in [7, 11) is -2.06. The van der Waals surface area contributed by atoms with E-state index in [1.54, 1.807) is 0 Å². The van der Waals surface area contributed by atoms with Crippen LogP contribution in [0, 0.1) is 0 Å². The standard InChI is InChI=1S/C7H15NO5S/c1-6(3-4-13-2)14(11,12)8-5-7(9)10/h6,8H,3-5H2,1-2H3,(H,9,10). The van der Waals surface area contributed by atoms with E-state index in [1.807, 2.05) is 4.72 Å². The van der Waals surface area contributed by atoms with E-state index in [-0.39, 0.29) is 0 Å². The van der Waals surface area contributed by atoms with Crippen LogP contribution in [0.4, 0.5) is 0 Å². The summed E-state index contributed by atoms with van der Waals surface area (Å²) in [5, 5.41) is 7.63. The highest BCUT2D eigenvalue weighted by Gasteiger charge is 2.20. The van der Waals surface area contributed by atoms with Crippen LogP contribution in [-0.4, -0.2) is 45.0 Å². The first-order chi connectivity index (χ1) is 6.40. The summed E-state index contributed by atoms with van der Waals surface area (Å²) in [5.74, 6) is -1.20. The smallest absolute Gasteiger partial charge is 0.318 e.